The Bertz CT molecular complexity index is 440. The molecule has 18 heavy (non-hydrogen) atoms. The van der Waals surface area contributed by atoms with Gasteiger partial charge in [0.15, 0.2) is 0 Å². The lowest BCUT2D eigenvalue weighted by Crippen LogP contribution is -2.35. The SMILES string of the molecule is CCCCN(CC(C)C)S(=O)(=O)c1ccccc1. The van der Waals surface area contributed by atoms with Crippen molar-refractivity contribution in [2.45, 2.75) is 38.5 Å². The van der Waals surface area contributed by atoms with Crippen LogP contribution in [0.5, 0.6) is 0 Å². The molecule has 0 bridgehead atoms. The fraction of sp³-hybridized carbons (Fsp3) is 0.571. The van der Waals surface area contributed by atoms with Crippen molar-refractivity contribution in [2.75, 3.05) is 13.1 Å². The zero-order valence-electron chi connectivity index (χ0n) is 11.5. The summed E-state index contributed by atoms with van der Waals surface area (Å²) >= 11 is 0. The van der Waals surface area contributed by atoms with Crippen LogP contribution in [0.2, 0.25) is 0 Å². The lowest BCUT2D eigenvalue weighted by molar-refractivity contribution is 0.361. The predicted octanol–water partition coefficient (Wildman–Crippen LogP) is 3.13. The first kappa shape index (κ1) is 15.2. The van der Waals surface area contributed by atoms with E-state index in [0.717, 1.165) is 12.8 Å². The number of benzene rings is 1. The number of sulfonamides is 1. The fourth-order valence-electron chi connectivity index (χ4n) is 1.79. The summed E-state index contributed by atoms with van der Waals surface area (Å²) < 4.78 is 26.6. The van der Waals surface area contributed by atoms with Crippen molar-refractivity contribution in [1.29, 1.82) is 0 Å². The van der Waals surface area contributed by atoms with Gasteiger partial charge in [-0.25, -0.2) is 8.42 Å². The minimum atomic E-state index is -3.34. The molecule has 3 nitrogen and oxygen atoms in total. The van der Waals surface area contributed by atoms with Crippen LogP contribution in [-0.2, 0) is 10.0 Å². The first-order valence-corrected chi connectivity index (χ1v) is 7.97. The Kier molecular flexibility index (Phi) is 5.82. The van der Waals surface area contributed by atoms with Crippen molar-refractivity contribution in [3.8, 4) is 0 Å². The largest absolute Gasteiger partial charge is 0.243 e. The first-order valence-electron chi connectivity index (χ1n) is 6.53. The highest BCUT2D eigenvalue weighted by molar-refractivity contribution is 7.89. The van der Waals surface area contributed by atoms with E-state index >= 15 is 0 Å². The molecule has 0 spiro atoms. The number of hydrogen-bond donors (Lipinski definition) is 0. The van der Waals surface area contributed by atoms with Gasteiger partial charge in [-0.3, -0.25) is 0 Å². The Balaban J connectivity index is 2.96. The van der Waals surface area contributed by atoms with Crippen molar-refractivity contribution in [3.63, 3.8) is 0 Å². The van der Waals surface area contributed by atoms with E-state index in [1.165, 1.54) is 0 Å². The Morgan fingerprint density at radius 3 is 2.28 bits per heavy atom. The molecule has 0 atom stereocenters. The van der Waals surface area contributed by atoms with Gasteiger partial charge in [0, 0.05) is 13.1 Å². The number of nitrogens with zero attached hydrogens (tertiary/aromatic N) is 1. The van der Waals surface area contributed by atoms with Gasteiger partial charge in [0.1, 0.15) is 0 Å². The van der Waals surface area contributed by atoms with E-state index in [4.69, 9.17) is 0 Å². The van der Waals surface area contributed by atoms with Gasteiger partial charge in [-0.1, -0.05) is 45.4 Å². The summed E-state index contributed by atoms with van der Waals surface area (Å²) in [6.07, 6.45) is 1.90. The highest BCUT2D eigenvalue weighted by atomic mass is 32.2. The monoisotopic (exact) mass is 269 g/mol. The van der Waals surface area contributed by atoms with E-state index in [2.05, 4.69) is 6.92 Å². The molecule has 4 heteroatoms. The van der Waals surface area contributed by atoms with Crippen molar-refractivity contribution >= 4 is 10.0 Å². The summed E-state index contributed by atoms with van der Waals surface area (Å²) in [7, 11) is -3.34. The van der Waals surface area contributed by atoms with Gasteiger partial charge in [-0.05, 0) is 24.5 Å². The second-order valence-corrected chi connectivity index (χ2v) is 6.86. The number of hydrogen-bond acceptors (Lipinski definition) is 2. The quantitative estimate of drug-likeness (QED) is 0.762. The van der Waals surface area contributed by atoms with E-state index in [1.54, 1.807) is 28.6 Å². The van der Waals surface area contributed by atoms with Crippen molar-refractivity contribution < 1.29 is 8.42 Å². The average Bonchev–Trinajstić information content (AvgIpc) is 2.35. The van der Waals surface area contributed by atoms with Crippen LogP contribution in [0.4, 0.5) is 0 Å². The molecular weight excluding hydrogens is 246 g/mol. The van der Waals surface area contributed by atoms with Crippen molar-refractivity contribution in [3.05, 3.63) is 30.3 Å². The van der Waals surface area contributed by atoms with Crippen LogP contribution in [0.3, 0.4) is 0 Å². The molecule has 0 radical (unpaired) electrons. The van der Waals surface area contributed by atoms with Gasteiger partial charge < -0.3 is 0 Å². The Morgan fingerprint density at radius 2 is 1.78 bits per heavy atom. The molecule has 0 saturated heterocycles. The normalized spacial score (nSPS) is 12.3. The molecule has 1 rings (SSSR count). The molecule has 0 fully saturated rings. The van der Waals surface area contributed by atoms with E-state index < -0.39 is 10.0 Å². The molecule has 0 heterocycles. The van der Waals surface area contributed by atoms with Crippen LogP contribution >= 0.6 is 0 Å². The van der Waals surface area contributed by atoms with E-state index in [9.17, 15) is 8.42 Å². The molecule has 0 aliphatic carbocycles. The second-order valence-electron chi connectivity index (χ2n) is 4.92. The van der Waals surface area contributed by atoms with Gasteiger partial charge in [0.25, 0.3) is 0 Å². The van der Waals surface area contributed by atoms with E-state index in [1.807, 2.05) is 19.9 Å². The maximum atomic E-state index is 12.5. The molecule has 0 N–H and O–H groups in total. The third-order valence-corrected chi connectivity index (χ3v) is 4.59. The third-order valence-electron chi connectivity index (χ3n) is 2.71. The third kappa shape index (κ3) is 4.10. The summed E-state index contributed by atoms with van der Waals surface area (Å²) in [6.45, 7) is 7.34. The van der Waals surface area contributed by atoms with Gasteiger partial charge in [0.05, 0.1) is 4.90 Å². The Labute approximate surface area is 111 Å². The molecular formula is C14H23NO2S. The second kappa shape index (κ2) is 6.90. The molecule has 0 aliphatic heterocycles. The van der Waals surface area contributed by atoms with Gasteiger partial charge in [-0.2, -0.15) is 4.31 Å². The highest BCUT2D eigenvalue weighted by Crippen LogP contribution is 2.17. The van der Waals surface area contributed by atoms with Crippen LogP contribution < -0.4 is 0 Å². The molecule has 0 unspecified atom stereocenters. The molecule has 1 aromatic carbocycles. The van der Waals surface area contributed by atoms with Crippen molar-refractivity contribution in [2.24, 2.45) is 5.92 Å². The van der Waals surface area contributed by atoms with Gasteiger partial charge in [0.2, 0.25) is 10.0 Å². The van der Waals surface area contributed by atoms with Crippen LogP contribution in [0.1, 0.15) is 33.6 Å². The Hall–Kier alpha value is -0.870. The topological polar surface area (TPSA) is 37.4 Å². The molecule has 0 aromatic heterocycles. The first-order chi connectivity index (χ1) is 8.48. The lowest BCUT2D eigenvalue weighted by Gasteiger charge is -2.23. The van der Waals surface area contributed by atoms with Crippen LogP contribution in [0, 0.1) is 5.92 Å². The summed E-state index contributed by atoms with van der Waals surface area (Å²) in [5.74, 6) is 0.334. The molecule has 0 saturated carbocycles. The van der Waals surface area contributed by atoms with Gasteiger partial charge >= 0.3 is 0 Å². The molecule has 0 amide bonds. The maximum absolute atomic E-state index is 12.5. The number of unbranched alkanes of at least 4 members (excludes halogenated alkanes) is 1. The maximum Gasteiger partial charge on any atom is 0.243 e. The average molecular weight is 269 g/mol. The van der Waals surface area contributed by atoms with Crippen LogP contribution in [0.15, 0.2) is 35.2 Å². The smallest absolute Gasteiger partial charge is 0.207 e. The number of rotatable bonds is 7. The van der Waals surface area contributed by atoms with Crippen LogP contribution in [-0.4, -0.2) is 25.8 Å². The minimum Gasteiger partial charge on any atom is -0.207 e. The minimum absolute atomic E-state index is 0.334. The molecule has 0 aliphatic rings. The summed E-state index contributed by atoms with van der Waals surface area (Å²) in [5.41, 5.74) is 0. The summed E-state index contributed by atoms with van der Waals surface area (Å²) in [6, 6.07) is 8.68. The van der Waals surface area contributed by atoms with Crippen LogP contribution in [0.25, 0.3) is 0 Å². The van der Waals surface area contributed by atoms with Gasteiger partial charge in [-0.15, -0.1) is 0 Å². The summed E-state index contributed by atoms with van der Waals surface area (Å²) in [5, 5.41) is 0. The highest BCUT2D eigenvalue weighted by Gasteiger charge is 2.24. The standard InChI is InChI=1S/C14H23NO2S/c1-4-5-11-15(12-13(2)3)18(16,17)14-9-7-6-8-10-14/h6-10,13H,4-5,11-12H2,1-3H3. The Morgan fingerprint density at radius 1 is 1.17 bits per heavy atom. The summed E-state index contributed by atoms with van der Waals surface area (Å²) in [4.78, 5) is 0.391. The zero-order chi connectivity index (χ0) is 13.6. The lowest BCUT2D eigenvalue weighted by atomic mass is 10.2. The van der Waals surface area contributed by atoms with E-state index in [0.29, 0.717) is 23.9 Å². The molecule has 102 valence electrons. The predicted molar refractivity (Wildman–Crippen MR) is 74.9 cm³/mol. The molecule has 1 aromatic rings. The van der Waals surface area contributed by atoms with E-state index in [-0.39, 0.29) is 0 Å². The van der Waals surface area contributed by atoms with Crippen molar-refractivity contribution in [1.82, 2.24) is 4.31 Å². The zero-order valence-corrected chi connectivity index (χ0v) is 12.3. The fourth-order valence-corrected chi connectivity index (χ4v) is 3.46.